The maximum atomic E-state index is 13.2. The average Bonchev–Trinajstić information content (AvgIpc) is 4.02. The van der Waals surface area contributed by atoms with Gasteiger partial charge in [-0.3, -0.25) is 9.59 Å². The third-order valence-electron chi connectivity index (χ3n) is 16.8. The molecule has 6 fully saturated rings. The quantitative estimate of drug-likeness (QED) is 0.140. The van der Waals surface area contributed by atoms with E-state index in [0.29, 0.717) is 31.1 Å². The number of nitrogens with one attached hydrogen (secondary N) is 2. The van der Waals surface area contributed by atoms with Gasteiger partial charge in [0.1, 0.15) is 30.0 Å². The Balaban J connectivity index is 0.000000215. The van der Waals surface area contributed by atoms with Gasteiger partial charge in [0.05, 0.1) is 23.3 Å². The molecule has 0 radical (unpaired) electrons. The third kappa shape index (κ3) is 9.30. The molecule has 0 spiro atoms. The lowest BCUT2D eigenvalue weighted by Gasteiger charge is -2.53. The predicted molar refractivity (Wildman–Crippen MR) is 257 cm³/mol. The summed E-state index contributed by atoms with van der Waals surface area (Å²) in [6.45, 7) is 20.5. The van der Waals surface area contributed by atoms with Crippen molar-refractivity contribution in [1.29, 1.82) is 0 Å². The standard InChI is InChI=1S/C28H39NO4.C26H35NO5.CH4/c1-7-23(30)29-22-16-28(17(2)3)26(25-18(4)13-14-21(25)27(22,6)33-28)32-24(31)15-19(5)20-11-9-8-10-12-20;1-16(2)26-14-20(27-21(29)15-28)25(4,32-26)19-12-10-17(3)23(19)24(26)31-22(30)13-11-18-8-6-5-7-9-18;/h8-12,15,17-18,21-22,25-26H,7,13-14,16H2,1-6H3,(H,29,30);5-9,11,13,16-17,19-20,23-24,28H,10,12,14-15H2,1-4H3,(H,27,29);1H4/b19-15+;13-11+;/t18-,21-,22-,25-,26+,27+,28-;17-,19-,20-,23-,24+,25+,26-;/m11./s1. The number of aliphatic hydroxyl groups excluding tert-OH is 1. The van der Waals surface area contributed by atoms with Crippen LogP contribution in [0.3, 0.4) is 0 Å². The van der Waals surface area contributed by atoms with Crippen molar-refractivity contribution in [2.24, 2.45) is 47.3 Å². The van der Waals surface area contributed by atoms with Gasteiger partial charge >= 0.3 is 11.9 Å². The van der Waals surface area contributed by atoms with Gasteiger partial charge in [-0.1, -0.05) is 117 Å². The van der Waals surface area contributed by atoms with Crippen molar-refractivity contribution in [3.63, 3.8) is 0 Å². The molecule has 4 bridgehead atoms. The summed E-state index contributed by atoms with van der Waals surface area (Å²) in [7, 11) is 0. The van der Waals surface area contributed by atoms with Crippen molar-refractivity contribution in [2.75, 3.05) is 6.61 Å². The van der Waals surface area contributed by atoms with Gasteiger partial charge in [-0.15, -0.1) is 0 Å². The second-order valence-electron chi connectivity index (χ2n) is 21.1. The number of ether oxygens (including phenoxy) is 4. The molecule has 2 aromatic carbocycles. The van der Waals surface area contributed by atoms with Crippen LogP contribution < -0.4 is 10.6 Å². The summed E-state index contributed by atoms with van der Waals surface area (Å²) in [5, 5.41) is 15.6. The molecule has 362 valence electrons. The largest absolute Gasteiger partial charge is 0.456 e. The minimum Gasteiger partial charge on any atom is -0.456 e. The fourth-order valence-corrected chi connectivity index (χ4v) is 13.2. The zero-order valence-corrected chi connectivity index (χ0v) is 40.3. The van der Waals surface area contributed by atoms with E-state index in [9.17, 15) is 24.3 Å². The summed E-state index contributed by atoms with van der Waals surface area (Å²) in [5.74, 6) is 0.853. The van der Waals surface area contributed by atoms with Crippen LogP contribution in [0.2, 0.25) is 0 Å². The third-order valence-corrected chi connectivity index (χ3v) is 16.8. The summed E-state index contributed by atoms with van der Waals surface area (Å²) in [6, 6.07) is 19.3. The summed E-state index contributed by atoms with van der Waals surface area (Å²) in [6.07, 6.45) is 9.96. The second kappa shape index (κ2) is 20.1. The Kier molecular flexibility index (Phi) is 15.6. The summed E-state index contributed by atoms with van der Waals surface area (Å²) in [5.41, 5.74) is 0.557. The number of hydrogen-bond acceptors (Lipinski definition) is 9. The van der Waals surface area contributed by atoms with Gasteiger partial charge in [0.15, 0.2) is 0 Å². The van der Waals surface area contributed by atoms with E-state index in [2.05, 4.69) is 66.0 Å². The lowest BCUT2D eigenvalue weighted by molar-refractivity contribution is -0.259. The first-order valence-electron chi connectivity index (χ1n) is 24.3. The Morgan fingerprint density at radius 1 is 0.727 bits per heavy atom. The molecule has 4 saturated heterocycles. The molecule has 6 aliphatic rings. The normalized spacial score (nSPS) is 37.3. The number of esters is 2. The first-order chi connectivity index (χ1) is 30.8. The zero-order chi connectivity index (χ0) is 47.1. The Morgan fingerprint density at radius 2 is 1.18 bits per heavy atom. The van der Waals surface area contributed by atoms with Crippen LogP contribution in [0.25, 0.3) is 11.6 Å². The van der Waals surface area contributed by atoms with E-state index in [0.717, 1.165) is 42.4 Å². The van der Waals surface area contributed by atoms with Gasteiger partial charge in [-0.25, -0.2) is 9.59 Å². The molecule has 2 aromatic rings. The highest BCUT2D eigenvalue weighted by Gasteiger charge is 2.73. The predicted octanol–water partition coefficient (Wildman–Crippen LogP) is 9.12. The SMILES string of the molecule is C.CC(C)[C@@]12C[C@@H](NC(=O)CO)[C@@](C)(O1)[C@@H]1CC[C@@H](C)[C@H]1[C@@H]2OC(=O)/C=C/c1ccccc1.CCC(=O)N[C@@H]1C[C@]2(C(C)C)O[C@@]1(C)[C@@H]1CC[C@@H](C)[C@H]1[C@@H]2OC(=O)/C=C(\C)c1ccccc1. The van der Waals surface area contributed by atoms with Gasteiger partial charge in [0.25, 0.3) is 0 Å². The second-order valence-corrected chi connectivity index (χ2v) is 21.1. The summed E-state index contributed by atoms with van der Waals surface area (Å²) in [4.78, 5) is 50.6. The molecule has 11 nitrogen and oxygen atoms in total. The molecule has 66 heavy (non-hydrogen) atoms. The highest BCUT2D eigenvalue weighted by molar-refractivity contribution is 5.91. The van der Waals surface area contributed by atoms with Crippen LogP contribution in [0.15, 0.2) is 72.8 Å². The van der Waals surface area contributed by atoms with E-state index in [-0.39, 0.29) is 85.1 Å². The van der Waals surface area contributed by atoms with Gasteiger partial charge < -0.3 is 34.7 Å². The number of amides is 2. The van der Waals surface area contributed by atoms with Gasteiger partial charge in [0, 0.05) is 43.3 Å². The maximum Gasteiger partial charge on any atom is 0.331 e. The Hall–Kier alpha value is -4.32. The van der Waals surface area contributed by atoms with Crippen molar-refractivity contribution in [3.8, 4) is 0 Å². The fraction of sp³-hybridized carbons (Fsp3) is 0.636. The monoisotopic (exact) mass is 911 g/mol. The Bertz CT molecular complexity index is 2110. The van der Waals surface area contributed by atoms with E-state index < -0.39 is 34.9 Å². The molecule has 14 atom stereocenters. The number of rotatable bonds is 12. The number of carbonyl (C=O) groups excluding carboxylic acids is 4. The van der Waals surface area contributed by atoms with Gasteiger partial charge in [-0.2, -0.15) is 0 Å². The highest BCUT2D eigenvalue weighted by atomic mass is 16.6. The molecule has 2 saturated carbocycles. The first kappa shape index (κ1) is 51.1. The fourth-order valence-electron chi connectivity index (χ4n) is 13.2. The van der Waals surface area contributed by atoms with Crippen molar-refractivity contribution < 1.29 is 43.2 Å². The number of carbonyl (C=O) groups is 4. The zero-order valence-electron chi connectivity index (χ0n) is 40.3. The molecule has 3 N–H and O–H groups in total. The number of fused-ring (bicyclic) bond motifs is 8. The van der Waals surface area contributed by atoms with Gasteiger partial charge in [0.2, 0.25) is 11.8 Å². The van der Waals surface area contributed by atoms with Crippen LogP contribution in [0.4, 0.5) is 0 Å². The van der Waals surface area contributed by atoms with Crippen LogP contribution >= 0.6 is 0 Å². The van der Waals surface area contributed by atoms with E-state index in [4.69, 9.17) is 18.9 Å². The molecular formula is C55H78N2O9. The average molecular weight is 911 g/mol. The Labute approximate surface area is 394 Å². The minimum absolute atomic E-state index is 0. The van der Waals surface area contributed by atoms with Gasteiger partial charge in [-0.05, 0) is 105 Å². The number of benzene rings is 2. The maximum absolute atomic E-state index is 13.2. The molecule has 0 unspecified atom stereocenters. The van der Waals surface area contributed by atoms with Crippen molar-refractivity contribution in [2.45, 2.75) is 168 Å². The Morgan fingerprint density at radius 3 is 1.64 bits per heavy atom. The molecule has 2 amide bonds. The number of aliphatic hydroxyl groups is 1. The first-order valence-corrected chi connectivity index (χ1v) is 24.3. The topological polar surface area (TPSA) is 149 Å². The summed E-state index contributed by atoms with van der Waals surface area (Å²) >= 11 is 0. The van der Waals surface area contributed by atoms with Crippen LogP contribution in [0.5, 0.6) is 0 Å². The lowest BCUT2D eigenvalue weighted by Crippen LogP contribution is -2.63. The smallest absolute Gasteiger partial charge is 0.331 e. The van der Waals surface area contributed by atoms with Crippen LogP contribution in [-0.4, -0.2) is 82.2 Å². The van der Waals surface area contributed by atoms with Crippen LogP contribution in [0, 0.1) is 47.3 Å². The van der Waals surface area contributed by atoms with Crippen LogP contribution in [-0.2, 0) is 38.1 Å². The van der Waals surface area contributed by atoms with Crippen molar-refractivity contribution in [1.82, 2.24) is 10.6 Å². The molecule has 4 heterocycles. The highest BCUT2D eigenvalue weighted by Crippen LogP contribution is 2.64. The van der Waals surface area contributed by atoms with Crippen molar-refractivity contribution >= 4 is 35.4 Å². The van der Waals surface area contributed by atoms with E-state index >= 15 is 0 Å². The number of allylic oxidation sites excluding steroid dienone is 1. The molecular weight excluding hydrogens is 833 g/mol. The number of hydrogen-bond donors (Lipinski definition) is 3. The van der Waals surface area contributed by atoms with Crippen LogP contribution in [0.1, 0.15) is 133 Å². The van der Waals surface area contributed by atoms with Crippen molar-refractivity contribution in [3.05, 3.63) is 83.9 Å². The van der Waals surface area contributed by atoms with E-state index in [1.54, 1.807) is 12.2 Å². The summed E-state index contributed by atoms with van der Waals surface area (Å²) < 4.78 is 26.3. The lowest BCUT2D eigenvalue weighted by atomic mass is 9.69. The molecule has 8 rings (SSSR count). The molecule has 0 aromatic heterocycles. The van der Waals surface area contributed by atoms with E-state index in [1.165, 1.54) is 6.08 Å². The molecule has 2 aliphatic carbocycles. The minimum atomic E-state index is -0.682. The molecule has 11 heteroatoms. The van der Waals surface area contributed by atoms with E-state index in [1.807, 2.05) is 74.5 Å². The molecule has 4 aliphatic heterocycles.